The quantitative estimate of drug-likeness (QED) is 0.443. The van der Waals surface area contributed by atoms with E-state index in [1.54, 1.807) is 0 Å². The van der Waals surface area contributed by atoms with E-state index in [1.165, 1.54) is 27.5 Å². The maximum Gasteiger partial charge on any atom is 0.120 e. The van der Waals surface area contributed by atoms with Crippen LogP contribution in [0.25, 0.3) is 21.9 Å². The number of hydrogen-bond donors (Lipinski definition) is 0. The summed E-state index contributed by atoms with van der Waals surface area (Å²) in [5.41, 5.74) is 3.63. The second-order valence-corrected chi connectivity index (χ2v) is 5.86. The molecule has 0 radical (unpaired) electrons. The highest BCUT2D eigenvalue weighted by molar-refractivity contribution is 5.88. The van der Waals surface area contributed by atoms with Crippen LogP contribution in [0, 0.1) is 0 Å². The van der Waals surface area contributed by atoms with Gasteiger partial charge in [0.1, 0.15) is 12.4 Å². The fraction of sp³-hybridized carbons (Fsp3) is 0.0435. The fourth-order valence-corrected chi connectivity index (χ4v) is 2.87. The average Bonchev–Trinajstić information content (AvgIpc) is 2.67. The predicted molar refractivity (Wildman–Crippen MR) is 100 cm³/mol. The fourth-order valence-electron chi connectivity index (χ4n) is 2.87. The highest BCUT2D eigenvalue weighted by Gasteiger charge is 2.02. The molecule has 0 atom stereocenters. The Labute approximate surface area is 142 Å². The first-order valence-corrected chi connectivity index (χ1v) is 8.14. The van der Waals surface area contributed by atoms with Gasteiger partial charge in [0.2, 0.25) is 0 Å². The molecule has 1 nitrogen and oxygen atoms in total. The van der Waals surface area contributed by atoms with Crippen LogP contribution in [-0.2, 0) is 6.61 Å². The minimum Gasteiger partial charge on any atom is -0.489 e. The molecule has 0 saturated carbocycles. The Morgan fingerprint density at radius 3 is 2.04 bits per heavy atom. The summed E-state index contributed by atoms with van der Waals surface area (Å²) in [5, 5.41) is 2.42. The molecule has 0 amide bonds. The lowest BCUT2D eigenvalue weighted by Gasteiger charge is -2.09. The number of fused-ring (bicyclic) bond motifs is 1. The average molecular weight is 310 g/mol. The molecule has 0 fully saturated rings. The zero-order valence-corrected chi connectivity index (χ0v) is 13.4. The van der Waals surface area contributed by atoms with Crippen LogP contribution < -0.4 is 4.74 Å². The molecule has 0 N–H and O–H groups in total. The van der Waals surface area contributed by atoms with Crippen LogP contribution in [0.2, 0.25) is 0 Å². The zero-order chi connectivity index (χ0) is 16.2. The maximum atomic E-state index is 5.95. The Hall–Kier alpha value is -3.06. The smallest absolute Gasteiger partial charge is 0.120 e. The summed E-state index contributed by atoms with van der Waals surface area (Å²) in [7, 11) is 0. The molecule has 0 unspecified atom stereocenters. The third kappa shape index (κ3) is 3.16. The van der Waals surface area contributed by atoms with E-state index < -0.39 is 0 Å². The zero-order valence-electron chi connectivity index (χ0n) is 13.4. The topological polar surface area (TPSA) is 9.23 Å². The van der Waals surface area contributed by atoms with Crippen LogP contribution in [0.5, 0.6) is 5.75 Å². The van der Waals surface area contributed by atoms with Crippen molar-refractivity contribution >= 4 is 10.8 Å². The van der Waals surface area contributed by atoms with Crippen LogP contribution in [0.4, 0.5) is 0 Å². The molecule has 0 saturated heterocycles. The lowest BCUT2D eigenvalue weighted by molar-refractivity contribution is 0.306. The third-order valence-electron chi connectivity index (χ3n) is 4.17. The van der Waals surface area contributed by atoms with Crippen LogP contribution in [0.1, 0.15) is 5.56 Å². The molecule has 0 aliphatic carbocycles. The second kappa shape index (κ2) is 6.59. The van der Waals surface area contributed by atoms with Gasteiger partial charge in [-0.3, -0.25) is 0 Å². The molecule has 0 aromatic heterocycles. The summed E-state index contributed by atoms with van der Waals surface area (Å²) in [4.78, 5) is 0. The highest BCUT2D eigenvalue weighted by Crippen LogP contribution is 2.27. The molecule has 116 valence electrons. The SMILES string of the molecule is c1ccc(COc2ccc3ccc(-c4ccccc4)cc3c2)cc1. The van der Waals surface area contributed by atoms with Crippen molar-refractivity contribution in [1.82, 2.24) is 0 Å². The maximum absolute atomic E-state index is 5.95. The van der Waals surface area contributed by atoms with Crippen LogP contribution >= 0.6 is 0 Å². The van der Waals surface area contributed by atoms with Gasteiger partial charge in [0.15, 0.2) is 0 Å². The first-order valence-electron chi connectivity index (χ1n) is 8.14. The van der Waals surface area contributed by atoms with Gasteiger partial charge in [-0.1, -0.05) is 78.9 Å². The van der Waals surface area contributed by atoms with Gasteiger partial charge in [-0.25, -0.2) is 0 Å². The van der Waals surface area contributed by atoms with E-state index in [2.05, 4.69) is 66.7 Å². The highest BCUT2D eigenvalue weighted by atomic mass is 16.5. The van der Waals surface area contributed by atoms with Crippen molar-refractivity contribution in [3.8, 4) is 16.9 Å². The van der Waals surface area contributed by atoms with Gasteiger partial charge in [0.05, 0.1) is 0 Å². The normalized spacial score (nSPS) is 10.7. The van der Waals surface area contributed by atoms with Crippen molar-refractivity contribution in [3.63, 3.8) is 0 Å². The van der Waals surface area contributed by atoms with Gasteiger partial charge in [0, 0.05) is 0 Å². The molecular formula is C23H18O. The van der Waals surface area contributed by atoms with Crippen LogP contribution in [0.3, 0.4) is 0 Å². The summed E-state index contributed by atoms with van der Waals surface area (Å²) < 4.78 is 5.95. The van der Waals surface area contributed by atoms with E-state index in [0.29, 0.717) is 6.61 Å². The molecular weight excluding hydrogens is 292 g/mol. The van der Waals surface area contributed by atoms with Gasteiger partial charge >= 0.3 is 0 Å². The van der Waals surface area contributed by atoms with Gasteiger partial charge in [-0.15, -0.1) is 0 Å². The van der Waals surface area contributed by atoms with Crippen molar-refractivity contribution in [3.05, 3.63) is 103 Å². The van der Waals surface area contributed by atoms with E-state index in [1.807, 2.05) is 30.3 Å². The van der Waals surface area contributed by atoms with Gasteiger partial charge in [-0.2, -0.15) is 0 Å². The lowest BCUT2D eigenvalue weighted by Crippen LogP contribution is -1.94. The van der Waals surface area contributed by atoms with E-state index in [9.17, 15) is 0 Å². The number of rotatable bonds is 4. The molecule has 4 rings (SSSR count). The van der Waals surface area contributed by atoms with Crippen LogP contribution in [-0.4, -0.2) is 0 Å². The summed E-state index contributed by atoms with van der Waals surface area (Å²) in [6, 6.07) is 33.5. The van der Waals surface area contributed by atoms with E-state index in [0.717, 1.165) is 5.75 Å². The van der Waals surface area contributed by atoms with E-state index in [4.69, 9.17) is 4.74 Å². The molecule has 0 bridgehead atoms. The van der Waals surface area contributed by atoms with Crippen molar-refractivity contribution in [2.75, 3.05) is 0 Å². The monoisotopic (exact) mass is 310 g/mol. The Bertz CT molecular complexity index is 943. The van der Waals surface area contributed by atoms with E-state index in [-0.39, 0.29) is 0 Å². The summed E-state index contributed by atoms with van der Waals surface area (Å²) in [5.74, 6) is 0.900. The Morgan fingerprint density at radius 1 is 0.542 bits per heavy atom. The molecule has 1 heteroatoms. The Kier molecular flexibility index (Phi) is 3.99. The van der Waals surface area contributed by atoms with E-state index >= 15 is 0 Å². The van der Waals surface area contributed by atoms with Crippen molar-refractivity contribution in [2.24, 2.45) is 0 Å². The lowest BCUT2D eigenvalue weighted by atomic mass is 10.0. The molecule has 0 spiro atoms. The number of hydrogen-bond acceptors (Lipinski definition) is 1. The summed E-state index contributed by atoms with van der Waals surface area (Å²) in [6.07, 6.45) is 0. The third-order valence-corrected chi connectivity index (χ3v) is 4.17. The van der Waals surface area contributed by atoms with Crippen LogP contribution in [0.15, 0.2) is 97.1 Å². The molecule has 4 aromatic carbocycles. The van der Waals surface area contributed by atoms with Crippen molar-refractivity contribution < 1.29 is 4.74 Å². The molecule has 4 aromatic rings. The minimum absolute atomic E-state index is 0.588. The first-order chi connectivity index (χ1) is 11.9. The van der Waals surface area contributed by atoms with Gasteiger partial charge in [-0.05, 0) is 45.7 Å². The second-order valence-electron chi connectivity index (χ2n) is 5.86. The molecule has 24 heavy (non-hydrogen) atoms. The molecule has 0 aliphatic rings. The Balaban J connectivity index is 1.62. The Morgan fingerprint density at radius 2 is 1.25 bits per heavy atom. The minimum atomic E-state index is 0.588. The van der Waals surface area contributed by atoms with Gasteiger partial charge in [0.25, 0.3) is 0 Å². The first kappa shape index (κ1) is 14.5. The number of benzene rings is 4. The summed E-state index contributed by atoms with van der Waals surface area (Å²) >= 11 is 0. The summed E-state index contributed by atoms with van der Waals surface area (Å²) in [6.45, 7) is 0.588. The predicted octanol–water partition coefficient (Wildman–Crippen LogP) is 6.09. The van der Waals surface area contributed by atoms with Crippen molar-refractivity contribution in [1.29, 1.82) is 0 Å². The van der Waals surface area contributed by atoms with Gasteiger partial charge < -0.3 is 4.74 Å². The van der Waals surface area contributed by atoms with Crippen molar-refractivity contribution in [2.45, 2.75) is 6.61 Å². The molecule has 0 aliphatic heterocycles. The molecule has 0 heterocycles. The largest absolute Gasteiger partial charge is 0.489 e. The number of ether oxygens (including phenoxy) is 1. The standard InChI is InChI=1S/C23H18O/c1-3-7-18(8-4-1)17-24-23-14-13-20-11-12-21(15-22(20)16-23)19-9-5-2-6-10-19/h1-16H,17H2.